The normalized spacial score (nSPS) is 11.0. The fourth-order valence-electron chi connectivity index (χ4n) is 4.37. The summed E-state index contributed by atoms with van der Waals surface area (Å²) in [5.74, 6) is -0.407. The van der Waals surface area contributed by atoms with Crippen LogP contribution in [0.3, 0.4) is 0 Å². The molecule has 0 fully saturated rings. The number of benzene rings is 1. The summed E-state index contributed by atoms with van der Waals surface area (Å²) in [6, 6.07) is 17.6. The molecule has 0 aliphatic heterocycles. The van der Waals surface area contributed by atoms with Gasteiger partial charge in [-0.3, -0.25) is 19.5 Å². The summed E-state index contributed by atoms with van der Waals surface area (Å²) in [5, 5.41) is 13.3. The first-order valence-corrected chi connectivity index (χ1v) is 16.2. The molecular weight excluding hydrogens is 670 g/mol. The highest BCUT2D eigenvalue weighted by Crippen LogP contribution is 2.42. The number of tetrazole rings is 1. The van der Waals surface area contributed by atoms with Crippen LogP contribution in [-0.4, -0.2) is 73.7 Å². The highest BCUT2D eigenvalue weighted by Gasteiger charge is 2.28. The number of hydrogen-bond donors (Lipinski definition) is 2. The molecule has 19 heteroatoms. The second-order valence-corrected chi connectivity index (χ2v) is 11.7. The third kappa shape index (κ3) is 7.36. The Kier molecular flexibility index (Phi) is 9.65. The van der Waals surface area contributed by atoms with Gasteiger partial charge in [-0.15, -0.1) is 5.10 Å². The number of H-pyrrole nitrogens is 1. The highest BCUT2D eigenvalue weighted by atomic mass is 32.2. The molecule has 254 valence electrons. The van der Waals surface area contributed by atoms with Gasteiger partial charge in [-0.1, -0.05) is 24.3 Å². The van der Waals surface area contributed by atoms with Crippen molar-refractivity contribution in [3.05, 3.63) is 90.9 Å². The Morgan fingerprint density at radius 2 is 1.78 bits per heavy atom. The zero-order chi connectivity index (χ0) is 35.1. The molecule has 1 amide bonds. The third-order valence-corrected chi connectivity index (χ3v) is 8.02. The lowest BCUT2D eigenvalue weighted by Crippen LogP contribution is -2.33. The van der Waals surface area contributed by atoms with Gasteiger partial charge in [-0.2, -0.15) is 13.4 Å². The number of carbonyl (C=O) groups is 1. The van der Waals surface area contributed by atoms with Crippen LogP contribution in [0.1, 0.15) is 12.5 Å². The minimum atomic E-state index is -4.39. The van der Waals surface area contributed by atoms with Gasteiger partial charge in [-0.05, 0) is 72.3 Å². The van der Waals surface area contributed by atoms with E-state index in [2.05, 4.69) is 50.3 Å². The van der Waals surface area contributed by atoms with Gasteiger partial charge >= 0.3 is 12.0 Å². The van der Waals surface area contributed by atoms with Crippen LogP contribution in [0.15, 0.2) is 90.3 Å². The Bertz CT molecular complexity index is 2210. The number of aromatic amines is 1. The largest absolute Gasteiger partial charge is 0.493 e. The molecule has 0 aliphatic rings. The molecule has 0 spiro atoms. The molecule has 6 rings (SSSR count). The number of rotatable bonds is 12. The minimum absolute atomic E-state index is 0.0915. The molecular formula is C31H27N11O7S. The van der Waals surface area contributed by atoms with Crippen LogP contribution in [0.4, 0.5) is 16.4 Å². The van der Waals surface area contributed by atoms with Crippen molar-refractivity contribution >= 4 is 27.8 Å². The first-order valence-electron chi connectivity index (χ1n) is 14.7. The molecule has 1 aromatic carbocycles. The molecule has 0 radical (unpaired) electrons. The van der Waals surface area contributed by atoms with E-state index in [0.29, 0.717) is 17.1 Å². The van der Waals surface area contributed by atoms with Crippen molar-refractivity contribution in [2.75, 3.05) is 23.3 Å². The fraction of sp³-hybridized carbons (Fsp3) is 0.129. The highest BCUT2D eigenvalue weighted by molar-refractivity contribution is 7.92. The lowest BCUT2D eigenvalue weighted by atomic mass is 10.2. The van der Waals surface area contributed by atoms with E-state index in [1.807, 2.05) is 0 Å². The van der Waals surface area contributed by atoms with E-state index in [4.69, 9.17) is 19.2 Å². The topological polar surface area (TPSA) is 222 Å². The second-order valence-electron chi connectivity index (χ2n) is 10.1. The number of para-hydroxylation sites is 2. The molecule has 0 unspecified atom stereocenters. The molecule has 0 saturated heterocycles. The minimum Gasteiger partial charge on any atom is -0.493 e. The predicted molar refractivity (Wildman–Crippen MR) is 176 cm³/mol. The van der Waals surface area contributed by atoms with Crippen LogP contribution in [0.5, 0.6) is 23.1 Å². The summed E-state index contributed by atoms with van der Waals surface area (Å²) in [4.78, 5) is 46.7. The van der Waals surface area contributed by atoms with Gasteiger partial charge in [0.25, 0.3) is 10.0 Å². The maximum atomic E-state index is 13.7. The standard InChI is InChI=1S/C31H27N11O7S/c1-4-42(24-11-7-8-15-33-24)31(43)49-48-30-26(47-23-10-6-5-9-22(23)46-3)29(39-50(44,45)25-13-12-19(2)18-34-25)35-27(36-30)20-14-16-32-21(17-20)28-37-40-41-38-28/h5-18H,4H2,1-3H3,(H,35,36,39)(H,37,38,40,41). The van der Waals surface area contributed by atoms with Crippen molar-refractivity contribution in [2.45, 2.75) is 18.9 Å². The van der Waals surface area contributed by atoms with E-state index in [1.54, 1.807) is 74.5 Å². The molecule has 2 N–H and O–H groups in total. The molecule has 0 atom stereocenters. The lowest BCUT2D eigenvalue weighted by Gasteiger charge is -2.19. The second kappa shape index (κ2) is 14.6. The average Bonchev–Trinajstić information content (AvgIpc) is 3.68. The zero-order valence-corrected chi connectivity index (χ0v) is 27.4. The number of hydrogen-bond acceptors (Lipinski definition) is 15. The number of amides is 1. The average molecular weight is 698 g/mol. The Hall–Kier alpha value is -6.76. The summed E-state index contributed by atoms with van der Waals surface area (Å²) < 4.78 is 41.3. The molecule has 6 aromatic rings. The number of pyridine rings is 3. The molecule has 18 nitrogen and oxygen atoms in total. The van der Waals surface area contributed by atoms with E-state index in [9.17, 15) is 13.2 Å². The number of carbonyl (C=O) groups excluding carboxylic acids is 1. The molecule has 5 heterocycles. The lowest BCUT2D eigenvalue weighted by molar-refractivity contribution is -0.144. The van der Waals surface area contributed by atoms with Crippen molar-refractivity contribution in [3.8, 4) is 46.0 Å². The number of methoxy groups -OCH3 is 1. The Balaban J connectivity index is 1.49. The molecule has 0 bridgehead atoms. The predicted octanol–water partition coefficient (Wildman–Crippen LogP) is 4.38. The van der Waals surface area contributed by atoms with Gasteiger partial charge in [-0.25, -0.2) is 29.7 Å². The smallest absolute Gasteiger partial charge is 0.458 e. The van der Waals surface area contributed by atoms with Gasteiger partial charge in [0.1, 0.15) is 11.5 Å². The van der Waals surface area contributed by atoms with Crippen molar-refractivity contribution < 1.29 is 32.5 Å². The third-order valence-electron chi connectivity index (χ3n) is 6.77. The molecule has 5 aromatic heterocycles. The van der Waals surface area contributed by atoms with Gasteiger partial charge in [0.05, 0.1) is 7.11 Å². The van der Waals surface area contributed by atoms with E-state index in [1.165, 1.54) is 36.7 Å². The summed E-state index contributed by atoms with van der Waals surface area (Å²) >= 11 is 0. The maximum absolute atomic E-state index is 13.7. The zero-order valence-electron chi connectivity index (χ0n) is 26.6. The maximum Gasteiger partial charge on any atom is 0.458 e. The number of ether oxygens (including phenoxy) is 2. The van der Waals surface area contributed by atoms with Gasteiger partial charge in [0.15, 0.2) is 34.0 Å². The summed E-state index contributed by atoms with van der Waals surface area (Å²) in [6.07, 6.45) is 3.41. The van der Waals surface area contributed by atoms with Crippen LogP contribution in [0, 0.1) is 6.92 Å². The number of anilines is 2. The molecule has 0 aliphatic carbocycles. The summed E-state index contributed by atoms with van der Waals surface area (Å²) in [5.41, 5.74) is 1.39. The van der Waals surface area contributed by atoms with Crippen molar-refractivity contribution in [1.29, 1.82) is 0 Å². The van der Waals surface area contributed by atoms with Crippen LogP contribution in [0.2, 0.25) is 0 Å². The van der Waals surface area contributed by atoms with Crippen molar-refractivity contribution in [2.24, 2.45) is 0 Å². The van der Waals surface area contributed by atoms with Crippen LogP contribution in [-0.2, 0) is 14.9 Å². The van der Waals surface area contributed by atoms with Crippen molar-refractivity contribution in [3.63, 3.8) is 0 Å². The van der Waals surface area contributed by atoms with Gasteiger partial charge < -0.3 is 9.47 Å². The van der Waals surface area contributed by atoms with Crippen LogP contribution < -0.4 is 24.0 Å². The monoisotopic (exact) mass is 697 g/mol. The van der Waals surface area contributed by atoms with Crippen LogP contribution >= 0.6 is 0 Å². The summed E-state index contributed by atoms with van der Waals surface area (Å²) in [6.45, 7) is 3.65. The fourth-order valence-corrected chi connectivity index (χ4v) is 5.30. The first kappa shape index (κ1) is 33.2. The number of aryl methyl sites for hydroxylation is 1. The Morgan fingerprint density at radius 1 is 0.960 bits per heavy atom. The quantitative estimate of drug-likeness (QED) is 0.134. The SMILES string of the molecule is CCN(C(=O)OOc1nc(-c2ccnc(-c3nnn[nH]3)c2)nc(NS(=O)(=O)c2ccc(C)cn2)c1Oc1ccccc1OC)c1ccccn1. The van der Waals surface area contributed by atoms with E-state index in [0.717, 1.165) is 5.56 Å². The van der Waals surface area contributed by atoms with Gasteiger partial charge in [0.2, 0.25) is 5.75 Å². The van der Waals surface area contributed by atoms with Crippen LogP contribution in [0.25, 0.3) is 22.9 Å². The first-order chi connectivity index (χ1) is 24.3. The number of nitrogens with zero attached hydrogens (tertiary/aromatic N) is 9. The number of aromatic nitrogens is 9. The molecule has 0 saturated carbocycles. The number of nitrogens with one attached hydrogen (secondary N) is 2. The number of sulfonamides is 1. The van der Waals surface area contributed by atoms with E-state index in [-0.39, 0.29) is 40.5 Å². The van der Waals surface area contributed by atoms with Gasteiger partial charge in [0, 0.05) is 30.7 Å². The Labute approximate surface area is 284 Å². The molecule has 50 heavy (non-hydrogen) atoms. The van der Waals surface area contributed by atoms with Crippen molar-refractivity contribution in [1.82, 2.24) is 45.5 Å². The van der Waals surface area contributed by atoms with E-state index >= 15 is 0 Å². The Morgan fingerprint density at radius 3 is 2.48 bits per heavy atom. The van der Waals surface area contributed by atoms with E-state index < -0.39 is 27.8 Å². The summed E-state index contributed by atoms with van der Waals surface area (Å²) in [7, 11) is -2.96.